The lowest BCUT2D eigenvalue weighted by molar-refractivity contribution is -0.244. The Morgan fingerprint density at radius 3 is 2.53 bits per heavy atom. The van der Waals surface area contributed by atoms with Gasteiger partial charge >= 0.3 is 12.3 Å². The van der Waals surface area contributed by atoms with Crippen LogP contribution < -0.4 is 25.2 Å². The second-order valence-corrected chi connectivity index (χ2v) is 19.9. The SMILES string of the molecule is C[C@H](CC/C=C\[C@@H]1CCCC1C(=O)NS(=O)(=O)C1(C)CC1)C[C@@H](C)[C@H](NC(=O)OC(C)(C)C(F)(F)F)C(=O)N1C[C@H](Oc2nccc3c4c(ccc23)CCO4)C[C@H]1C(N)=O. The molecule has 1 aromatic heterocycles. The van der Waals surface area contributed by atoms with Gasteiger partial charge in [0.05, 0.1) is 17.9 Å². The number of nitrogens with one attached hydrogen (secondary N) is 2. The molecule has 3 heterocycles. The van der Waals surface area contributed by atoms with Crippen molar-refractivity contribution in [2.24, 2.45) is 29.4 Å². The van der Waals surface area contributed by atoms with Gasteiger partial charge in [-0.15, -0.1) is 0 Å². The van der Waals surface area contributed by atoms with Gasteiger partial charge in [-0.05, 0) is 101 Å². The van der Waals surface area contributed by atoms with Crippen molar-refractivity contribution < 1.29 is 55.0 Å². The first kappa shape index (κ1) is 44.9. The molecule has 2 aliphatic carbocycles. The third-order valence-electron chi connectivity index (χ3n) is 12.6. The van der Waals surface area contributed by atoms with E-state index in [-0.39, 0.29) is 30.7 Å². The van der Waals surface area contributed by atoms with Crippen LogP contribution in [0.4, 0.5) is 18.0 Å². The lowest BCUT2D eigenvalue weighted by Crippen LogP contribution is -2.56. The highest BCUT2D eigenvalue weighted by Gasteiger charge is 2.53. The smallest absolute Gasteiger partial charge is 0.427 e. The standard InChI is InChI=1S/C42H56F3N5O9S/c1-24(9-6-7-10-26-11-8-12-29(26)36(52)49-60(55,56)41(5)17-18-41)21-25(2)33(48-39(54)59-40(3,4)42(43,44)45)38(53)50-23-28(22-32(50)35(46)51)58-37-31-14-13-27-16-20-57-34(27)30(31)15-19-47-37/h7,10,13-15,19,24-26,28-29,32-33H,6,8-9,11-12,16-18,20-23H2,1-5H3,(H2,46,51)(H,48,54)(H,49,52)/b10-7-/t24-,25-,26-,28-,29?,32+,33+/m1/s1. The fourth-order valence-electron chi connectivity index (χ4n) is 8.46. The van der Waals surface area contributed by atoms with Crippen molar-refractivity contribution in [1.29, 1.82) is 0 Å². The number of ether oxygens (including phenoxy) is 3. The molecular weight excluding hydrogens is 808 g/mol. The Balaban J connectivity index is 1.12. The molecule has 4 aliphatic rings. The van der Waals surface area contributed by atoms with Crippen LogP contribution in [0.25, 0.3) is 10.8 Å². The summed E-state index contributed by atoms with van der Waals surface area (Å²) in [5.41, 5.74) is 3.98. The van der Waals surface area contributed by atoms with Gasteiger partial charge in [0.15, 0.2) is 0 Å². The maximum atomic E-state index is 14.4. The predicted octanol–water partition coefficient (Wildman–Crippen LogP) is 5.85. The number of alkyl carbamates (subject to hydrolysis) is 1. The fourth-order valence-corrected chi connectivity index (χ4v) is 9.76. The highest BCUT2D eigenvalue weighted by atomic mass is 32.2. The van der Waals surface area contributed by atoms with Gasteiger partial charge in [0.1, 0.15) is 23.9 Å². The Morgan fingerprint density at radius 1 is 1.12 bits per heavy atom. The summed E-state index contributed by atoms with van der Waals surface area (Å²) < 4.78 is 84.7. The second kappa shape index (κ2) is 17.4. The lowest BCUT2D eigenvalue weighted by Gasteiger charge is -2.33. The summed E-state index contributed by atoms with van der Waals surface area (Å²) in [6.45, 7) is 7.09. The number of rotatable bonds is 16. The van der Waals surface area contributed by atoms with Crippen molar-refractivity contribution in [3.63, 3.8) is 0 Å². The zero-order valence-corrected chi connectivity index (χ0v) is 35.5. The fraction of sp³-hybridized carbons (Fsp3) is 0.643. The summed E-state index contributed by atoms with van der Waals surface area (Å²) in [6.07, 6.45) is 3.91. The Labute approximate surface area is 348 Å². The van der Waals surface area contributed by atoms with Crippen molar-refractivity contribution >= 4 is 44.6 Å². The van der Waals surface area contributed by atoms with E-state index < -0.39 is 80.4 Å². The number of aromatic nitrogens is 1. The van der Waals surface area contributed by atoms with Gasteiger partial charge in [-0.3, -0.25) is 19.1 Å². The van der Waals surface area contributed by atoms with Crippen LogP contribution in [0.1, 0.15) is 98.0 Å². The molecule has 1 aromatic carbocycles. The van der Waals surface area contributed by atoms with E-state index in [1.807, 2.05) is 37.3 Å². The summed E-state index contributed by atoms with van der Waals surface area (Å²) in [6, 6.07) is 3.07. The van der Waals surface area contributed by atoms with E-state index >= 15 is 0 Å². The molecule has 60 heavy (non-hydrogen) atoms. The third-order valence-corrected chi connectivity index (χ3v) is 14.8. The number of hydrogen-bond acceptors (Lipinski definition) is 10. The number of hydrogen-bond donors (Lipinski definition) is 3. The normalized spacial score (nSPS) is 24.0. The number of nitrogens with two attached hydrogens (primary N) is 1. The minimum atomic E-state index is -4.90. The van der Waals surface area contributed by atoms with Crippen LogP contribution in [0.5, 0.6) is 11.6 Å². The number of amides is 4. The van der Waals surface area contributed by atoms with Gasteiger partial charge < -0.3 is 30.2 Å². The molecule has 2 aromatic rings. The lowest BCUT2D eigenvalue weighted by atomic mass is 9.87. The first-order valence-corrected chi connectivity index (χ1v) is 22.2. The Hall–Kier alpha value is -4.61. The molecule has 3 fully saturated rings. The third kappa shape index (κ3) is 9.78. The van der Waals surface area contributed by atoms with E-state index in [1.54, 1.807) is 20.0 Å². The summed E-state index contributed by atoms with van der Waals surface area (Å²) in [5, 5.41) is 3.86. The van der Waals surface area contributed by atoms with Crippen molar-refractivity contribution in [1.82, 2.24) is 19.9 Å². The van der Waals surface area contributed by atoms with Gasteiger partial charge in [0.25, 0.3) is 0 Å². The van der Waals surface area contributed by atoms with Gasteiger partial charge in [-0.25, -0.2) is 18.2 Å². The zero-order chi connectivity index (χ0) is 43.8. The molecule has 2 aliphatic heterocycles. The Kier molecular flexibility index (Phi) is 13.0. The topological polar surface area (TPSA) is 196 Å². The quantitative estimate of drug-likeness (QED) is 0.172. The number of primary amides is 1. The molecule has 0 spiro atoms. The van der Waals surface area contributed by atoms with Gasteiger partial charge in [-0.2, -0.15) is 13.2 Å². The summed E-state index contributed by atoms with van der Waals surface area (Å²) in [4.78, 5) is 58.9. The number of likely N-dealkylation sites (tertiary alicyclic amines) is 1. The molecule has 0 radical (unpaired) electrons. The van der Waals surface area contributed by atoms with E-state index in [9.17, 15) is 40.8 Å². The van der Waals surface area contributed by atoms with E-state index in [0.29, 0.717) is 64.4 Å². The average molecular weight is 864 g/mol. The van der Waals surface area contributed by atoms with E-state index in [0.717, 1.165) is 36.0 Å². The summed E-state index contributed by atoms with van der Waals surface area (Å²) in [5.74, 6) is -2.29. The number of carbonyl (C=O) groups is 4. The van der Waals surface area contributed by atoms with Crippen molar-refractivity contribution in [3.05, 3.63) is 42.1 Å². The van der Waals surface area contributed by atoms with E-state index in [4.69, 9.17) is 19.9 Å². The van der Waals surface area contributed by atoms with Crippen LogP contribution in [0, 0.1) is 23.7 Å². The predicted molar refractivity (Wildman–Crippen MR) is 215 cm³/mol. The van der Waals surface area contributed by atoms with Crippen LogP contribution in [-0.2, 0) is 35.6 Å². The van der Waals surface area contributed by atoms with Gasteiger partial charge in [0.2, 0.25) is 39.2 Å². The molecule has 14 nitrogen and oxygen atoms in total. The minimum Gasteiger partial charge on any atom is -0.492 e. The summed E-state index contributed by atoms with van der Waals surface area (Å²) >= 11 is 0. The van der Waals surface area contributed by atoms with Crippen molar-refractivity contribution in [2.45, 2.75) is 134 Å². The maximum absolute atomic E-state index is 14.4. The highest BCUT2D eigenvalue weighted by Crippen LogP contribution is 2.43. The number of halogens is 3. The molecular formula is C42H56F3N5O9S. The van der Waals surface area contributed by atoms with Crippen LogP contribution in [-0.4, -0.2) is 90.0 Å². The Bertz CT molecular complexity index is 2110. The van der Waals surface area contributed by atoms with E-state index in [2.05, 4.69) is 15.0 Å². The highest BCUT2D eigenvalue weighted by molar-refractivity contribution is 7.91. The first-order chi connectivity index (χ1) is 28.1. The zero-order valence-electron chi connectivity index (χ0n) is 34.7. The first-order valence-electron chi connectivity index (χ1n) is 20.7. The summed E-state index contributed by atoms with van der Waals surface area (Å²) in [7, 11) is -3.74. The number of carbonyl (C=O) groups excluding carboxylic acids is 4. The van der Waals surface area contributed by atoms with Crippen LogP contribution in [0.2, 0.25) is 0 Å². The minimum absolute atomic E-state index is 0.00861. The molecule has 4 amide bonds. The van der Waals surface area contributed by atoms with E-state index in [1.165, 1.54) is 4.90 Å². The molecule has 1 saturated heterocycles. The van der Waals surface area contributed by atoms with Crippen LogP contribution >= 0.6 is 0 Å². The molecule has 2 saturated carbocycles. The second-order valence-electron chi connectivity index (χ2n) is 17.7. The molecule has 18 heteroatoms. The number of fused-ring (bicyclic) bond motifs is 3. The Morgan fingerprint density at radius 2 is 1.85 bits per heavy atom. The average Bonchev–Trinajstić information content (AvgIpc) is 3.53. The molecule has 6 rings (SSSR count). The van der Waals surface area contributed by atoms with Gasteiger partial charge in [-0.1, -0.05) is 38.5 Å². The monoisotopic (exact) mass is 863 g/mol. The number of allylic oxidation sites excluding steroid dienone is 2. The maximum Gasteiger partial charge on any atom is 0.427 e. The van der Waals surface area contributed by atoms with Crippen molar-refractivity contribution in [2.75, 3.05) is 13.2 Å². The van der Waals surface area contributed by atoms with Crippen molar-refractivity contribution in [3.8, 4) is 11.6 Å². The number of benzene rings is 1. The number of sulfonamides is 1. The number of alkyl halides is 3. The van der Waals surface area contributed by atoms with Crippen LogP contribution in [0.15, 0.2) is 36.5 Å². The molecule has 330 valence electrons. The molecule has 4 N–H and O–H groups in total. The van der Waals surface area contributed by atoms with Gasteiger partial charge in [0, 0.05) is 35.7 Å². The van der Waals surface area contributed by atoms with Crippen LogP contribution in [0.3, 0.4) is 0 Å². The molecule has 7 atom stereocenters. The number of nitrogens with zero attached hydrogens (tertiary/aromatic N) is 2. The largest absolute Gasteiger partial charge is 0.492 e. The number of pyridine rings is 1. The molecule has 0 bridgehead atoms. The molecule has 1 unspecified atom stereocenters.